The highest BCUT2D eigenvalue weighted by molar-refractivity contribution is 7.98. The number of carbonyl (C=O) groups is 1. The molecule has 0 saturated carbocycles. The van der Waals surface area contributed by atoms with Gasteiger partial charge in [0.15, 0.2) is 0 Å². The van der Waals surface area contributed by atoms with Gasteiger partial charge in [-0.1, -0.05) is 0 Å². The molecule has 0 aromatic carbocycles. The molecular weight excluding hydrogens is 227 g/mol. The van der Waals surface area contributed by atoms with Crippen molar-refractivity contribution in [2.75, 3.05) is 12.0 Å². The molecule has 0 aromatic rings. The second-order valence-corrected chi connectivity index (χ2v) is 5.70. The molecule has 0 aliphatic heterocycles. The van der Waals surface area contributed by atoms with Gasteiger partial charge in [0.2, 0.25) is 5.91 Å². The summed E-state index contributed by atoms with van der Waals surface area (Å²) in [6.07, 6.45) is 1.79. The molecule has 6 nitrogen and oxygen atoms in total. The maximum Gasteiger partial charge on any atom is 0.347 e. The molecule has 0 saturated heterocycles. The Labute approximate surface area is 86.8 Å². The van der Waals surface area contributed by atoms with Crippen molar-refractivity contribution in [3.63, 3.8) is 0 Å². The lowest BCUT2D eigenvalue weighted by Crippen LogP contribution is -2.45. The number of nitrogens with one attached hydrogen (secondary N) is 1. The predicted octanol–water partition coefficient (Wildman–Crippen LogP) is -0.683. The van der Waals surface area contributed by atoms with E-state index in [9.17, 15) is 9.36 Å². The summed E-state index contributed by atoms with van der Waals surface area (Å²) in [4.78, 5) is 28.6. The monoisotopic (exact) mass is 242 g/mol. The fourth-order valence-electron chi connectivity index (χ4n) is 0.652. The third kappa shape index (κ3) is 4.97. The van der Waals surface area contributed by atoms with Gasteiger partial charge < -0.3 is 20.8 Å². The van der Waals surface area contributed by atoms with Gasteiger partial charge >= 0.3 is 7.60 Å². The first kappa shape index (κ1) is 13.9. The minimum absolute atomic E-state index is 0.416. The Balaban J connectivity index is 4.13. The Hall–Kier alpha value is -0.0700. The highest BCUT2D eigenvalue weighted by Gasteiger charge is 2.27. The van der Waals surface area contributed by atoms with Gasteiger partial charge in [-0.25, -0.2) is 0 Å². The van der Waals surface area contributed by atoms with Crippen molar-refractivity contribution in [3.8, 4) is 0 Å². The number of carbonyl (C=O) groups excluding carboxylic acids is 1. The van der Waals surface area contributed by atoms with Crippen LogP contribution in [-0.4, -0.2) is 39.5 Å². The van der Waals surface area contributed by atoms with E-state index in [1.54, 1.807) is 6.26 Å². The van der Waals surface area contributed by atoms with Crippen LogP contribution in [0.4, 0.5) is 0 Å². The van der Waals surface area contributed by atoms with Crippen molar-refractivity contribution >= 4 is 25.3 Å². The average molecular weight is 242 g/mol. The first-order valence-electron chi connectivity index (χ1n) is 3.89. The van der Waals surface area contributed by atoms with Crippen LogP contribution >= 0.6 is 19.4 Å². The number of hydrogen-bond acceptors (Lipinski definition) is 4. The van der Waals surface area contributed by atoms with Crippen LogP contribution in [0.5, 0.6) is 0 Å². The molecule has 0 unspecified atom stereocenters. The number of amides is 1. The summed E-state index contributed by atoms with van der Waals surface area (Å²) in [6.45, 7) is 1.24. The molecule has 14 heavy (non-hydrogen) atoms. The molecule has 0 aromatic heterocycles. The van der Waals surface area contributed by atoms with E-state index >= 15 is 0 Å². The Morgan fingerprint density at radius 1 is 1.64 bits per heavy atom. The summed E-state index contributed by atoms with van der Waals surface area (Å²) in [5.74, 6) is -1.32. The van der Waals surface area contributed by atoms with Crippen LogP contribution in [0.15, 0.2) is 0 Å². The molecule has 84 valence electrons. The number of nitrogens with two attached hydrogens (primary N) is 1. The van der Waals surface area contributed by atoms with E-state index in [4.69, 9.17) is 15.5 Å². The van der Waals surface area contributed by atoms with E-state index in [1.165, 1.54) is 18.7 Å². The van der Waals surface area contributed by atoms with Crippen LogP contribution in [-0.2, 0) is 9.36 Å². The van der Waals surface area contributed by atoms with Gasteiger partial charge in [-0.2, -0.15) is 11.8 Å². The van der Waals surface area contributed by atoms with Crippen molar-refractivity contribution < 1.29 is 19.1 Å². The summed E-state index contributed by atoms with van der Waals surface area (Å²) in [7, 11) is -4.26. The molecule has 0 spiro atoms. The Bertz CT molecular complexity index is 244. The predicted molar refractivity (Wildman–Crippen MR) is 56.0 cm³/mol. The highest BCUT2D eigenvalue weighted by Crippen LogP contribution is 2.38. The molecule has 0 bridgehead atoms. The van der Waals surface area contributed by atoms with E-state index < -0.39 is 25.3 Å². The van der Waals surface area contributed by atoms with E-state index in [-0.39, 0.29) is 0 Å². The minimum atomic E-state index is -4.26. The lowest BCUT2D eigenvalue weighted by molar-refractivity contribution is -0.122. The highest BCUT2D eigenvalue weighted by atomic mass is 32.2. The number of hydrogen-bond donors (Lipinski definition) is 4. The van der Waals surface area contributed by atoms with E-state index in [2.05, 4.69) is 5.32 Å². The molecule has 8 heteroatoms. The Morgan fingerprint density at radius 3 is 2.50 bits per heavy atom. The summed E-state index contributed by atoms with van der Waals surface area (Å²) >= 11 is 1.39. The summed E-state index contributed by atoms with van der Waals surface area (Å²) in [6, 6.07) is -0.737. The van der Waals surface area contributed by atoms with E-state index in [0.717, 1.165) is 0 Å². The van der Waals surface area contributed by atoms with Crippen molar-refractivity contribution in [2.24, 2.45) is 5.73 Å². The van der Waals surface area contributed by atoms with Gasteiger partial charge in [0.05, 0.1) is 6.04 Å². The maximum atomic E-state index is 11.2. The number of thioether (sulfide) groups is 1. The normalized spacial score (nSPS) is 16.1. The molecule has 1 amide bonds. The standard InChI is InChI=1S/C6H15N2O4PS/c1-4(13(10,11)12)8-6(9)5(7)3-14-2/h4-5H,3,7H2,1-2H3,(H,8,9)(H2,10,11,12)/t4-,5-/m0/s1. The van der Waals surface area contributed by atoms with Crippen molar-refractivity contribution in [3.05, 3.63) is 0 Å². The van der Waals surface area contributed by atoms with Gasteiger partial charge in [0.1, 0.15) is 5.78 Å². The zero-order chi connectivity index (χ0) is 11.4. The lowest BCUT2D eigenvalue weighted by atomic mass is 10.3. The van der Waals surface area contributed by atoms with Crippen LogP contribution in [0.1, 0.15) is 6.92 Å². The smallest absolute Gasteiger partial charge is 0.341 e. The Morgan fingerprint density at radius 2 is 2.14 bits per heavy atom. The van der Waals surface area contributed by atoms with Gasteiger partial charge in [-0.3, -0.25) is 9.36 Å². The van der Waals surface area contributed by atoms with Crippen molar-refractivity contribution in [2.45, 2.75) is 18.7 Å². The maximum absolute atomic E-state index is 11.2. The molecule has 0 aliphatic rings. The molecule has 0 heterocycles. The topological polar surface area (TPSA) is 113 Å². The van der Waals surface area contributed by atoms with E-state index in [0.29, 0.717) is 5.75 Å². The van der Waals surface area contributed by atoms with Crippen LogP contribution in [0, 0.1) is 0 Å². The van der Waals surface area contributed by atoms with Crippen molar-refractivity contribution in [1.29, 1.82) is 0 Å². The molecular formula is C6H15N2O4PS. The fourth-order valence-corrected chi connectivity index (χ4v) is 1.46. The molecule has 0 fully saturated rings. The van der Waals surface area contributed by atoms with Crippen LogP contribution in [0.25, 0.3) is 0 Å². The van der Waals surface area contributed by atoms with Crippen LogP contribution in [0.3, 0.4) is 0 Å². The summed E-state index contributed by atoms with van der Waals surface area (Å²) in [5.41, 5.74) is 5.43. The molecule has 5 N–H and O–H groups in total. The second kappa shape index (κ2) is 5.72. The van der Waals surface area contributed by atoms with Gasteiger partial charge in [0.25, 0.3) is 0 Å². The third-order valence-corrected chi connectivity index (χ3v) is 3.37. The zero-order valence-corrected chi connectivity index (χ0v) is 9.72. The largest absolute Gasteiger partial charge is 0.347 e. The van der Waals surface area contributed by atoms with Gasteiger partial charge in [-0.05, 0) is 13.2 Å². The molecule has 0 radical (unpaired) electrons. The first-order chi connectivity index (χ1) is 6.29. The second-order valence-electron chi connectivity index (χ2n) is 2.84. The Kier molecular flexibility index (Phi) is 5.70. The van der Waals surface area contributed by atoms with Gasteiger partial charge in [0, 0.05) is 5.75 Å². The van der Waals surface area contributed by atoms with Crippen LogP contribution in [0.2, 0.25) is 0 Å². The fraction of sp³-hybridized carbons (Fsp3) is 0.833. The van der Waals surface area contributed by atoms with Crippen LogP contribution < -0.4 is 11.1 Å². The van der Waals surface area contributed by atoms with Crippen molar-refractivity contribution in [1.82, 2.24) is 5.32 Å². The minimum Gasteiger partial charge on any atom is -0.341 e. The first-order valence-corrected chi connectivity index (χ1v) is 6.96. The average Bonchev–Trinajstić information content (AvgIpc) is 2.02. The lowest BCUT2D eigenvalue weighted by Gasteiger charge is -2.17. The summed E-state index contributed by atoms with van der Waals surface area (Å²) in [5, 5.41) is 2.16. The third-order valence-electron chi connectivity index (χ3n) is 1.54. The summed E-state index contributed by atoms with van der Waals surface area (Å²) < 4.78 is 10.7. The molecule has 2 atom stereocenters. The quantitative estimate of drug-likeness (QED) is 0.475. The molecule has 0 aliphatic carbocycles. The SMILES string of the molecule is CSC[C@H](N)C(=O)N[C@H](C)P(=O)(O)O. The zero-order valence-electron chi connectivity index (χ0n) is 8.01. The van der Waals surface area contributed by atoms with Gasteiger partial charge in [-0.15, -0.1) is 0 Å². The van der Waals surface area contributed by atoms with E-state index in [1.807, 2.05) is 0 Å². The molecule has 0 rings (SSSR count). The number of rotatable bonds is 5.